The average Bonchev–Trinajstić information content (AvgIpc) is 2.42. The predicted molar refractivity (Wildman–Crippen MR) is 83.8 cm³/mol. The first kappa shape index (κ1) is 15.4. The van der Waals surface area contributed by atoms with Gasteiger partial charge in [0, 0.05) is 18.2 Å². The molecule has 2 rings (SSSR count). The lowest BCUT2D eigenvalue weighted by molar-refractivity contribution is -0.122. The molecule has 1 aromatic carbocycles. The summed E-state index contributed by atoms with van der Waals surface area (Å²) in [6, 6.07) is 10.4. The number of carbonyl (C=O) groups is 1. The predicted octanol–water partition coefficient (Wildman–Crippen LogP) is 2.24. The van der Waals surface area contributed by atoms with Crippen molar-refractivity contribution in [1.82, 2.24) is 5.32 Å². The summed E-state index contributed by atoms with van der Waals surface area (Å²) in [7, 11) is 0. The quantitative estimate of drug-likeness (QED) is 0.810. The Hall–Kier alpha value is -1.00. The number of aliphatic hydroxyl groups is 1. The molecule has 0 aromatic heterocycles. The summed E-state index contributed by atoms with van der Waals surface area (Å²) in [5.74, 6) is 1.39. The van der Waals surface area contributed by atoms with E-state index in [2.05, 4.69) is 17.4 Å². The molecule has 0 heterocycles. The van der Waals surface area contributed by atoms with E-state index < -0.39 is 0 Å². The van der Waals surface area contributed by atoms with E-state index in [1.807, 2.05) is 24.5 Å². The van der Waals surface area contributed by atoms with Crippen LogP contribution in [0, 0.1) is 5.92 Å². The monoisotopic (exact) mass is 293 g/mol. The largest absolute Gasteiger partial charge is 0.393 e. The summed E-state index contributed by atoms with van der Waals surface area (Å²) in [6.07, 6.45) is 4.86. The first-order valence-electron chi connectivity index (χ1n) is 7.19. The summed E-state index contributed by atoms with van der Waals surface area (Å²) in [5.41, 5.74) is 1.24. The van der Waals surface area contributed by atoms with Gasteiger partial charge in [0.1, 0.15) is 0 Å². The van der Waals surface area contributed by atoms with Crippen LogP contribution in [0.3, 0.4) is 0 Å². The Morgan fingerprint density at radius 3 is 2.70 bits per heavy atom. The molecule has 4 heteroatoms. The van der Waals surface area contributed by atoms with Gasteiger partial charge in [-0.25, -0.2) is 0 Å². The Labute approximate surface area is 125 Å². The molecule has 1 fully saturated rings. The van der Waals surface area contributed by atoms with Crippen LogP contribution in [0.25, 0.3) is 0 Å². The van der Waals surface area contributed by atoms with Crippen LogP contribution < -0.4 is 5.32 Å². The van der Waals surface area contributed by atoms with Crippen molar-refractivity contribution in [3.63, 3.8) is 0 Å². The molecular formula is C16H23NO2S. The molecule has 1 aliphatic carbocycles. The topological polar surface area (TPSA) is 49.3 Å². The molecule has 1 amide bonds. The van der Waals surface area contributed by atoms with Gasteiger partial charge in [-0.2, -0.15) is 11.8 Å². The molecule has 1 saturated carbocycles. The zero-order chi connectivity index (χ0) is 14.4. The number of amides is 1. The zero-order valence-electron chi connectivity index (χ0n) is 11.9. The van der Waals surface area contributed by atoms with Crippen molar-refractivity contribution in [3.05, 3.63) is 35.9 Å². The lowest BCUT2D eigenvalue weighted by Crippen LogP contribution is -2.48. The Morgan fingerprint density at radius 2 is 2.10 bits per heavy atom. The summed E-state index contributed by atoms with van der Waals surface area (Å²) in [6.45, 7) is 0. The highest BCUT2D eigenvalue weighted by molar-refractivity contribution is 7.98. The fourth-order valence-electron chi connectivity index (χ4n) is 2.64. The van der Waals surface area contributed by atoms with Crippen LogP contribution in [0.1, 0.15) is 24.8 Å². The smallest absolute Gasteiger partial charge is 0.221 e. The highest BCUT2D eigenvalue weighted by Gasteiger charge is 2.34. The van der Waals surface area contributed by atoms with E-state index in [0.29, 0.717) is 12.3 Å². The second kappa shape index (κ2) is 7.70. The maximum absolute atomic E-state index is 11.9. The van der Waals surface area contributed by atoms with Gasteiger partial charge in [-0.15, -0.1) is 0 Å². The molecule has 1 aliphatic rings. The van der Waals surface area contributed by atoms with Crippen molar-refractivity contribution >= 4 is 17.7 Å². The van der Waals surface area contributed by atoms with Gasteiger partial charge in [0.15, 0.2) is 0 Å². The third kappa shape index (κ3) is 4.53. The molecular weight excluding hydrogens is 270 g/mol. The molecule has 0 aliphatic heterocycles. The van der Waals surface area contributed by atoms with E-state index in [4.69, 9.17) is 0 Å². The van der Waals surface area contributed by atoms with E-state index in [1.54, 1.807) is 11.8 Å². The second-order valence-corrected chi connectivity index (χ2v) is 6.48. The van der Waals surface area contributed by atoms with E-state index in [1.165, 1.54) is 5.56 Å². The van der Waals surface area contributed by atoms with E-state index in [0.717, 1.165) is 25.0 Å². The molecule has 2 N–H and O–H groups in total. The summed E-state index contributed by atoms with van der Waals surface area (Å²) in [4.78, 5) is 11.9. The molecule has 0 saturated heterocycles. The number of benzene rings is 1. The molecule has 110 valence electrons. The number of hydrogen-bond donors (Lipinski definition) is 2. The van der Waals surface area contributed by atoms with Gasteiger partial charge in [0.05, 0.1) is 6.10 Å². The minimum Gasteiger partial charge on any atom is -0.393 e. The molecule has 1 atom stereocenters. The Morgan fingerprint density at radius 1 is 1.40 bits per heavy atom. The zero-order valence-corrected chi connectivity index (χ0v) is 12.7. The number of hydrogen-bond acceptors (Lipinski definition) is 3. The van der Waals surface area contributed by atoms with Gasteiger partial charge in [-0.3, -0.25) is 4.79 Å². The summed E-state index contributed by atoms with van der Waals surface area (Å²) < 4.78 is 0. The van der Waals surface area contributed by atoms with Crippen molar-refractivity contribution in [2.24, 2.45) is 5.92 Å². The summed E-state index contributed by atoms with van der Waals surface area (Å²) >= 11 is 1.69. The van der Waals surface area contributed by atoms with Gasteiger partial charge in [-0.05, 0) is 37.0 Å². The minimum absolute atomic E-state index is 0.127. The Kier molecular flexibility index (Phi) is 5.92. The SMILES string of the molecule is CSCCC(=O)N[C@@H](Cc1ccccc1)C1CC(O)C1. The molecule has 0 radical (unpaired) electrons. The van der Waals surface area contributed by atoms with Crippen LogP contribution in [0.4, 0.5) is 0 Å². The maximum atomic E-state index is 11.9. The van der Waals surface area contributed by atoms with Crippen molar-refractivity contribution in [2.45, 2.75) is 37.8 Å². The van der Waals surface area contributed by atoms with Crippen molar-refractivity contribution in [3.8, 4) is 0 Å². The molecule has 1 aromatic rings. The average molecular weight is 293 g/mol. The van der Waals surface area contributed by atoms with Gasteiger partial charge in [-0.1, -0.05) is 30.3 Å². The molecule has 0 spiro atoms. The number of carbonyl (C=O) groups excluding carboxylic acids is 1. The highest BCUT2D eigenvalue weighted by atomic mass is 32.2. The number of rotatable bonds is 7. The van der Waals surface area contributed by atoms with Gasteiger partial charge >= 0.3 is 0 Å². The third-order valence-corrected chi connectivity index (χ3v) is 4.51. The first-order chi connectivity index (χ1) is 9.69. The lowest BCUT2D eigenvalue weighted by atomic mass is 9.75. The lowest BCUT2D eigenvalue weighted by Gasteiger charge is -2.38. The van der Waals surface area contributed by atoms with E-state index >= 15 is 0 Å². The van der Waals surface area contributed by atoms with Crippen LogP contribution in [0.15, 0.2) is 30.3 Å². The van der Waals surface area contributed by atoms with Crippen molar-refractivity contribution < 1.29 is 9.90 Å². The van der Waals surface area contributed by atoms with Crippen LogP contribution in [0.2, 0.25) is 0 Å². The van der Waals surface area contributed by atoms with Gasteiger partial charge < -0.3 is 10.4 Å². The third-order valence-electron chi connectivity index (χ3n) is 3.90. The van der Waals surface area contributed by atoms with Crippen LogP contribution in [-0.4, -0.2) is 35.2 Å². The molecule has 3 nitrogen and oxygen atoms in total. The maximum Gasteiger partial charge on any atom is 0.221 e. The van der Waals surface area contributed by atoms with E-state index in [9.17, 15) is 9.90 Å². The van der Waals surface area contributed by atoms with Crippen molar-refractivity contribution in [1.29, 1.82) is 0 Å². The summed E-state index contributed by atoms with van der Waals surface area (Å²) in [5, 5.41) is 12.7. The van der Waals surface area contributed by atoms with Crippen LogP contribution >= 0.6 is 11.8 Å². The number of aliphatic hydroxyl groups excluding tert-OH is 1. The Bertz CT molecular complexity index is 418. The van der Waals surface area contributed by atoms with Crippen LogP contribution in [0.5, 0.6) is 0 Å². The Balaban J connectivity index is 1.92. The molecule has 0 unspecified atom stereocenters. The molecule has 20 heavy (non-hydrogen) atoms. The highest BCUT2D eigenvalue weighted by Crippen LogP contribution is 2.31. The van der Waals surface area contributed by atoms with Gasteiger partial charge in [0.2, 0.25) is 5.91 Å². The fourth-order valence-corrected chi connectivity index (χ4v) is 3.03. The first-order valence-corrected chi connectivity index (χ1v) is 8.58. The number of thioether (sulfide) groups is 1. The molecule has 0 bridgehead atoms. The number of nitrogens with one attached hydrogen (secondary N) is 1. The van der Waals surface area contributed by atoms with E-state index in [-0.39, 0.29) is 18.1 Å². The second-order valence-electron chi connectivity index (χ2n) is 5.49. The van der Waals surface area contributed by atoms with Crippen LogP contribution in [-0.2, 0) is 11.2 Å². The van der Waals surface area contributed by atoms with Gasteiger partial charge in [0.25, 0.3) is 0 Å². The standard InChI is InChI=1S/C16H23NO2S/c1-20-8-7-16(19)17-15(13-10-14(18)11-13)9-12-5-3-2-4-6-12/h2-6,13-15,18H,7-11H2,1H3,(H,17,19)/t13?,14?,15-/m0/s1. The van der Waals surface area contributed by atoms with Crippen molar-refractivity contribution in [2.75, 3.05) is 12.0 Å². The minimum atomic E-state index is -0.179. The fraction of sp³-hybridized carbons (Fsp3) is 0.562. The normalized spacial score (nSPS) is 22.9.